The molecule has 1 rings (SSSR count). The van der Waals surface area contributed by atoms with E-state index in [1.54, 1.807) is 11.3 Å². The van der Waals surface area contributed by atoms with Crippen LogP contribution in [0, 0.1) is 13.8 Å². The fourth-order valence-electron chi connectivity index (χ4n) is 1.94. The van der Waals surface area contributed by atoms with Crippen LogP contribution in [0.2, 0.25) is 0 Å². The molecular formula is C14H23NO3S. The second-order valence-electron chi connectivity index (χ2n) is 4.34. The van der Waals surface area contributed by atoms with Gasteiger partial charge in [0.25, 0.3) is 5.91 Å². The Hall–Kier alpha value is -0.910. The Morgan fingerprint density at radius 2 is 1.89 bits per heavy atom. The van der Waals surface area contributed by atoms with Crippen LogP contribution in [0.25, 0.3) is 0 Å². The van der Waals surface area contributed by atoms with Crippen LogP contribution in [0.5, 0.6) is 0 Å². The van der Waals surface area contributed by atoms with Crippen LogP contribution < -0.4 is 5.32 Å². The average molecular weight is 285 g/mol. The molecule has 0 radical (unpaired) electrons. The van der Waals surface area contributed by atoms with Gasteiger partial charge in [-0.05, 0) is 46.2 Å². The van der Waals surface area contributed by atoms with Gasteiger partial charge >= 0.3 is 0 Å². The zero-order valence-corrected chi connectivity index (χ0v) is 13.1. The Labute approximate surface area is 119 Å². The quantitative estimate of drug-likeness (QED) is 0.784. The first-order valence-electron chi connectivity index (χ1n) is 6.60. The molecule has 1 aromatic heterocycles. The third kappa shape index (κ3) is 4.60. The van der Waals surface area contributed by atoms with Crippen molar-refractivity contribution in [2.24, 2.45) is 0 Å². The van der Waals surface area contributed by atoms with E-state index < -0.39 is 6.29 Å². The normalized spacial score (nSPS) is 12.7. The van der Waals surface area contributed by atoms with Gasteiger partial charge in [0.05, 0.1) is 6.04 Å². The van der Waals surface area contributed by atoms with Crippen LogP contribution in [-0.2, 0) is 14.3 Å². The predicted molar refractivity (Wildman–Crippen MR) is 77.4 cm³/mol. The summed E-state index contributed by atoms with van der Waals surface area (Å²) in [6.07, 6.45) is -0.822. The summed E-state index contributed by atoms with van der Waals surface area (Å²) in [4.78, 5) is 14.5. The summed E-state index contributed by atoms with van der Waals surface area (Å²) < 4.78 is 10.6. The molecule has 0 aliphatic rings. The predicted octanol–water partition coefficient (Wildman–Crippen LogP) is 2.94. The van der Waals surface area contributed by atoms with E-state index in [-0.39, 0.29) is 11.9 Å². The van der Waals surface area contributed by atoms with Gasteiger partial charge in [-0.25, -0.2) is 0 Å². The Bertz CT molecular complexity index is 411. The van der Waals surface area contributed by atoms with Gasteiger partial charge < -0.3 is 14.8 Å². The standard InChI is InChI=1S/C14H23NO3S/c1-6-17-14(18-7-2)13(16)15-10(4)12-8-9(3)19-11(12)5/h8,10,14H,6-7H2,1-5H3,(H,15,16). The minimum atomic E-state index is -0.822. The number of rotatable bonds is 7. The molecule has 1 heterocycles. The lowest BCUT2D eigenvalue weighted by molar-refractivity contribution is -0.170. The van der Waals surface area contributed by atoms with Crippen LogP contribution in [0.1, 0.15) is 42.1 Å². The number of carbonyl (C=O) groups excluding carboxylic acids is 1. The highest BCUT2D eigenvalue weighted by Crippen LogP contribution is 2.26. The molecule has 0 aromatic carbocycles. The maximum absolute atomic E-state index is 12.1. The first-order valence-corrected chi connectivity index (χ1v) is 7.41. The van der Waals surface area contributed by atoms with Crippen molar-refractivity contribution in [2.75, 3.05) is 13.2 Å². The summed E-state index contributed by atoms with van der Waals surface area (Å²) in [5.41, 5.74) is 1.16. The maximum Gasteiger partial charge on any atom is 0.277 e. The lowest BCUT2D eigenvalue weighted by atomic mass is 10.1. The molecule has 0 bridgehead atoms. The van der Waals surface area contributed by atoms with E-state index in [1.807, 2.05) is 20.8 Å². The van der Waals surface area contributed by atoms with Crippen molar-refractivity contribution in [1.29, 1.82) is 0 Å². The summed E-state index contributed by atoms with van der Waals surface area (Å²) in [6.45, 7) is 10.7. The topological polar surface area (TPSA) is 47.6 Å². The molecule has 0 aliphatic heterocycles. The maximum atomic E-state index is 12.1. The van der Waals surface area contributed by atoms with E-state index in [0.717, 1.165) is 5.56 Å². The van der Waals surface area contributed by atoms with Gasteiger partial charge in [-0.1, -0.05) is 0 Å². The Morgan fingerprint density at radius 1 is 1.32 bits per heavy atom. The second-order valence-corrected chi connectivity index (χ2v) is 5.80. The third-order valence-corrected chi connectivity index (χ3v) is 3.74. The van der Waals surface area contributed by atoms with Crippen LogP contribution in [0.3, 0.4) is 0 Å². The molecule has 0 fully saturated rings. The molecule has 19 heavy (non-hydrogen) atoms. The number of aryl methyl sites for hydroxylation is 2. The van der Waals surface area contributed by atoms with Crippen molar-refractivity contribution in [2.45, 2.75) is 47.0 Å². The summed E-state index contributed by atoms with van der Waals surface area (Å²) >= 11 is 1.74. The summed E-state index contributed by atoms with van der Waals surface area (Å²) in [5, 5.41) is 2.94. The van der Waals surface area contributed by atoms with Gasteiger partial charge in [-0.3, -0.25) is 4.79 Å². The van der Waals surface area contributed by atoms with Gasteiger partial charge in [0.1, 0.15) is 0 Å². The van der Waals surface area contributed by atoms with Gasteiger partial charge in [0.15, 0.2) is 0 Å². The first-order chi connectivity index (χ1) is 8.99. The molecule has 0 saturated heterocycles. The Morgan fingerprint density at radius 3 is 2.32 bits per heavy atom. The molecule has 108 valence electrons. The molecule has 0 spiro atoms. The highest BCUT2D eigenvalue weighted by Gasteiger charge is 2.22. The number of ether oxygens (including phenoxy) is 2. The lowest BCUT2D eigenvalue weighted by Crippen LogP contribution is -2.39. The Kier molecular flexibility index (Phi) is 6.48. The number of amides is 1. The van der Waals surface area contributed by atoms with Gasteiger partial charge in [-0.15, -0.1) is 11.3 Å². The molecule has 1 aromatic rings. The number of nitrogens with one attached hydrogen (secondary N) is 1. The molecule has 0 saturated carbocycles. The van der Waals surface area contributed by atoms with Gasteiger partial charge in [0.2, 0.25) is 6.29 Å². The van der Waals surface area contributed by atoms with Crippen LogP contribution >= 0.6 is 11.3 Å². The van der Waals surface area contributed by atoms with Crippen molar-refractivity contribution >= 4 is 17.2 Å². The summed E-state index contributed by atoms with van der Waals surface area (Å²) in [7, 11) is 0. The number of hydrogen-bond acceptors (Lipinski definition) is 4. The monoisotopic (exact) mass is 285 g/mol. The highest BCUT2D eigenvalue weighted by molar-refractivity contribution is 7.12. The molecule has 5 heteroatoms. The van der Waals surface area contributed by atoms with Crippen molar-refractivity contribution < 1.29 is 14.3 Å². The van der Waals surface area contributed by atoms with Crippen LogP contribution in [0.15, 0.2) is 6.07 Å². The zero-order chi connectivity index (χ0) is 14.4. The molecule has 0 aliphatic carbocycles. The van der Waals surface area contributed by atoms with Crippen molar-refractivity contribution in [3.05, 3.63) is 21.4 Å². The lowest BCUT2D eigenvalue weighted by Gasteiger charge is -2.20. The van der Waals surface area contributed by atoms with E-state index in [0.29, 0.717) is 13.2 Å². The minimum Gasteiger partial charge on any atom is -0.345 e. The molecule has 1 unspecified atom stereocenters. The number of thiophene rings is 1. The zero-order valence-electron chi connectivity index (χ0n) is 12.3. The van der Waals surface area contributed by atoms with Crippen LogP contribution in [-0.4, -0.2) is 25.4 Å². The van der Waals surface area contributed by atoms with E-state index in [1.165, 1.54) is 9.75 Å². The van der Waals surface area contributed by atoms with Crippen molar-refractivity contribution in [3.8, 4) is 0 Å². The van der Waals surface area contributed by atoms with Crippen LogP contribution in [0.4, 0.5) is 0 Å². The summed E-state index contributed by atoms with van der Waals surface area (Å²) in [6, 6.07) is 2.07. The van der Waals surface area contributed by atoms with Gasteiger partial charge in [0, 0.05) is 23.0 Å². The SMILES string of the molecule is CCOC(OCC)C(=O)NC(C)c1cc(C)sc1C. The summed E-state index contributed by atoms with van der Waals surface area (Å²) in [5.74, 6) is -0.223. The molecule has 1 amide bonds. The van der Waals surface area contributed by atoms with E-state index in [4.69, 9.17) is 9.47 Å². The second kappa shape index (κ2) is 7.62. The number of hydrogen-bond donors (Lipinski definition) is 1. The number of carbonyl (C=O) groups is 1. The first kappa shape index (κ1) is 16.1. The van der Waals surface area contributed by atoms with E-state index in [9.17, 15) is 4.79 Å². The van der Waals surface area contributed by atoms with Crippen molar-refractivity contribution in [3.63, 3.8) is 0 Å². The minimum absolute atomic E-state index is 0.0409. The third-order valence-electron chi connectivity index (χ3n) is 2.75. The van der Waals surface area contributed by atoms with Gasteiger partial charge in [-0.2, -0.15) is 0 Å². The molecular weight excluding hydrogens is 262 g/mol. The van der Waals surface area contributed by atoms with Crippen molar-refractivity contribution in [1.82, 2.24) is 5.32 Å². The largest absolute Gasteiger partial charge is 0.345 e. The fourth-order valence-corrected chi connectivity index (χ4v) is 2.96. The average Bonchev–Trinajstić information content (AvgIpc) is 2.68. The molecule has 1 N–H and O–H groups in total. The Balaban J connectivity index is 2.66. The molecule has 4 nitrogen and oxygen atoms in total. The smallest absolute Gasteiger partial charge is 0.277 e. The highest BCUT2D eigenvalue weighted by atomic mass is 32.1. The van der Waals surface area contributed by atoms with E-state index in [2.05, 4.69) is 25.2 Å². The van der Waals surface area contributed by atoms with E-state index >= 15 is 0 Å². The molecule has 1 atom stereocenters. The fraction of sp³-hybridized carbons (Fsp3) is 0.643.